The molecule has 6 aromatic rings. The van der Waals surface area contributed by atoms with Crippen molar-refractivity contribution >= 4 is 39.0 Å². The number of hydrogen-bond acceptors (Lipinski definition) is 7. The molecule has 0 saturated heterocycles. The van der Waals surface area contributed by atoms with E-state index in [1.807, 2.05) is 62.4 Å². The van der Waals surface area contributed by atoms with Crippen molar-refractivity contribution in [2.24, 2.45) is 0 Å². The standard InChI is InChI=1S/C25H16N3O2.C5H8O2.Ir/c1-14-10-18-17-9-8-15(2)28-25(17)30-23(18)19(11-14)22-24-20(26-13-27-22)12-21(29-24)16-6-4-3-5-7-16;1-4(6)3-5(2)7;/h3-10,12-13H,1-2H3;3,6H,1-2H3;/q-1;;/b;4-3-;. The molecular weight excluding hydrogens is 659 g/mol. The third kappa shape index (κ3) is 5.42. The summed E-state index contributed by atoms with van der Waals surface area (Å²) in [5, 5.41) is 10.3. The molecule has 6 rings (SSSR count). The predicted octanol–water partition coefficient (Wildman–Crippen LogP) is 7.30. The van der Waals surface area contributed by atoms with E-state index in [0.29, 0.717) is 22.6 Å². The number of nitrogens with zero attached hydrogens (tertiary/aromatic N) is 3. The van der Waals surface area contributed by atoms with Crippen LogP contribution in [0.4, 0.5) is 0 Å². The van der Waals surface area contributed by atoms with Gasteiger partial charge in [0.2, 0.25) is 5.71 Å². The largest absolute Gasteiger partial charge is 0.512 e. The Labute approximate surface area is 232 Å². The number of fused-ring (bicyclic) bond motifs is 4. The topological polar surface area (TPSA) is 102 Å². The minimum atomic E-state index is -0.125. The van der Waals surface area contributed by atoms with Gasteiger partial charge in [0.05, 0.1) is 11.3 Å². The summed E-state index contributed by atoms with van der Waals surface area (Å²) in [7, 11) is 0. The van der Waals surface area contributed by atoms with Crippen LogP contribution >= 0.6 is 0 Å². The van der Waals surface area contributed by atoms with Crippen LogP contribution in [-0.4, -0.2) is 25.8 Å². The third-order valence-corrected chi connectivity index (χ3v) is 5.66. The molecule has 0 bridgehead atoms. The van der Waals surface area contributed by atoms with Crippen molar-refractivity contribution in [3.05, 3.63) is 90.1 Å². The fourth-order valence-electron chi connectivity index (χ4n) is 4.16. The monoisotopic (exact) mass is 683 g/mol. The van der Waals surface area contributed by atoms with E-state index >= 15 is 0 Å². The van der Waals surface area contributed by atoms with E-state index in [1.54, 1.807) is 6.33 Å². The van der Waals surface area contributed by atoms with E-state index in [1.165, 1.54) is 19.9 Å². The Bertz CT molecular complexity index is 1800. The Balaban J connectivity index is 0.000000375. The Morgan fingerprint density at radius 1 is 0.947 bits per heavy atom. The summed E-state index contributed by atoms with van der Waals surface area (Å²) in [4.78, 5) is 23.5. The molecule has 0 amide bonds. The average molecular weight is 683 g/mol. The smallest absolute Gasteiger partial charge is 0.216 e. The van der Waals surface area contributed by atoms with Crippen LogP contribution in [0.1, 0.15) is 25.1 Å². The number of aryl methyl sites for hydroxylation is 2. The molecule has 7 nitrogen and oxygen atoms in total. The van der Waals surface area contributed by atoms with Gasteiger partial charge in [-0.1, -0.05) is 48.2 Å². The van der Waals surface area contributed by atoms with Crippen molar-refractivity contribution < 1.29 is 38.8 Å². The van der Waals surface area contributed by atoms with Gasteiger partial charge in [-0.05, 0) is 32.9 Å². The maximum atomic E-state index is 10.0. The summed E-state index contributed by atoms with van der Waals surface area (Å²) in [6.07, 6.45) is 2.72. The number of rotatable bonds is 3. The van der Waals surface area contributed by atoms with Gasteiger partial charge in [-0.15, -0.1) is 17.7 Å². The summed E-state index contributed by atoms with van der Waals surface area (Å²) >= 11 is 0. The number of furan rings is 2. The van der Waals surface area contributed by atoms with Crippen LogP contribution in [0.2, 0.25) is 0 Å². The molecule has 0 fully saturated rings. The molecule has 4 heterocycles. The maximum absolute atomic E-state index is 10.0. The van der Waals surface area contributed by atoms with Crippen molar-refractivity contribution in [2.45, 2.75) is 27.7 Å². The van der Waals surface area contributed by atoms with Gasteiger partial charge < -0.3 is 13.9 Å². The summed E-state index contributed by atoms with van der Waals surface area (Å²) in [6, 6.07) is 21.4. The molecule has 0 aliphatic rings. The zero-order valence-corrected chi connectivity index (χ0v) is 23.6. The normalized spacial score (nSPS) is 11.3. The van der Waals surface area contributed by atoms with Crippen LogP contribution in [0.15, 0.2) is 81.6 Å². The Morgan fingerprint density at radius 2 is 1.71 bits per heavy atom. The molecule has 193 valence electrons. The number of carbonyl (C=O) groups excluding carboxylic acids is 1. The van der Waals surface area contributed by atoms with E-state index < -0.39 is 0 Å². The molecule has 2 aromatic carbocycles. The number of aromatic nitrogens is 3. The molecule has 38 heavy (non-hydrogen) atoms. The van der Waals surface area contributed by atoms with Gasteiger partial charge in [-0.3, -0.25) is 9.78 Å². The first kappa shape index (κ1) is 26.9. The number of aliphatic hydroxyl groups excluding tert-OH is 1. The van der Waals surface area contributed by atoms with Gasteiger partial charge in [-0.25, -0.2) is 9.97 Å². The van der Waals surface area contributed by atoms with Crippen LogP contribution in [-0.2, 0) is 24.9 Å². The number of hydrogen-bond donors (Lipinski definition) is 1. The molecule has 0 spiro atoms. The first-order valence-corrected chi connectivity index (χ1v) is 11.7. The number of carbonyl (C=O) groups is 1. The Morgan fingerprint density at radius 3 is 2.39 bits per heavy atom. The van der Waals surface area contributed by atoms with Crippen molar-refractivity contribution in [1.82, 2.24) is 15.0 Å². The second kappa shape index (κ2) is 11.1. The molecule has 0 aliphatic carbocycles. The number of benzene rings is 2. The van der Waals surface area contributed by atoms with Gasteiger partial charge in [-0.2, -0.15) is 0 Å². The maximum Gasteiger partial charge on any atom is 0.216 e. The quantitative estimate of drug-likeness (QED) is 0.119. The van der Waals surface area contributed by atoms with Gasteiger partial charge in [0.1, 0.15) is 23.2 Å². The van der Waals surface area contributed by atoms with Gasteiger partial charge in [0, 0.05) is 54.6 Å². The Kier molecular flexibility index (Phi) is 7.86. The molecule has 1 N–H and O–H groups in total. The second-order valence-electron chi connectivity index (χ2n) is 8.79. The van der Waals surface area contributed by atoms with Crippen LogP contribution in [0.3, 0.4) is 0 Å². The van der Waals surface area contributed by atoms with Crippen LogP contribution < -0.4 is 0 Å². The van der Waals surface area contributed by atoms with Gasteiger partial charge in [0.15, 0.2) is 5.78 Å². The minimum Gasteiger partial charge on any atom is -0.512 e. The summed E-state index contributed by atoms with van der Waals surface area (Å²) in [6.45, 7) is 6.81. The van der Waals surface area contributed by atoms with Gasteiger partial charge in [0.25, 0.3) is 0 Å². The van der Waals surface area contributed by atoms with Crippen molar-refractivity contribution in [2.75, 3.05) is 0 Å². The summed E-state index contributed by atoms with van der Waals surface area (Å²) < 4.78 is 12.4. The first-order chi connectivity index (χ1) is 17.8. The zero-order valence-electron chi connectivity index (χ0n) is 21.2. The SMILES string of the molecule is CC(=O)/C=C(/C)O.Cc1[c-]c(-c2ncnc3cc(-c4ccccc4)oc23)c2oc3nc(C)ccc3c2c1.[Ir]. The molecule has 4 aromatic heterocycles. The fraction of sp³-hybridized carbons (Fsp3) is 0.133. The number of aliphatic hydroxyl groups is 1. The van der Waals surface area contributed by atoms with E-state index in [9.17, 15) is 4.79 Å². The predicted molar refractivity (Wildman–Crippen MR) is 143 cm³/mol. The minimum absolute atomic E-state index is 0. The molecular formula is C30H24IrN3O4-. The molecule has 1 radical (unpaired) electrons. The zero-order chi connectivity index (χ0) is 26.1. The second-order valence-corrected chi connectivity index (χ2v) is 8.79. The van der Waals surface area contributed by atoms with Crippen LogP contribution in [0, 0.1) is 19.9 Å². The molecule has 0 saturated carbocycles. The number of ketones is 1. The molecule has 8 heteroatoms. The van der Waals surface area contributed by atoms with Crippen LogP contribution in [0.5, 0.6) is 0 Å². The van der Waals surface area contributed by atoms with Crippen molar-refractivity contribution in [3.63, 3.8) is 0 Å². The van der Waals surface area contributed by atoms with Crippen LogP contribution in [0.25, 0.3) is 55.7 Å². The van der Waals surface area contributed by atoms with Crippen molar-refractivity contribution in [3.8, 4) is 22.6 Å². The molecule has 0 atom stereocenters. The third-order valence-electron chi connectivity index (χ3n) is 5.66. The summed E-state index contributed by atoms with van der Waals surface area (Å²) in [5.74, 6) is 0.686. The Hall–Kier alpha value is -4.13. The van der Waals surface area contributed by atoms with E-state index in [2.05, 4.69) is 27.1 Å². The number of pyridine rings is 1. The average Bonchev–Trinajstić information content (AvgIpc) is 3.45. The molecule has 0 aliphatic heterocycles. The fourth-order valence-corrected chi connectivity index (χ4v) is 4.16. The van der Waals surface area contributed by atoms with E-state index in [-0.39, 0.29) is 31.6 Å². The van der Waals surface area contributed by atoms with Crippen molar-refractivity contribution in [1.29, 1.82) is 0 Å². The van der Waals surface area contributed by atoms with E-state index in [0.717, 1.165) is 44.4 Å². The van der Waals surface area contributed by atoms with E-state index in [4.69, 9.17) is 13.9 Å². The van der Waals surface area contributed by atoms with Gasteiger partial charge >= 0.3 is 0 Å². The first-order valence-electron chi connectivity index (χ1n) is 11.7. The summed E-state index contributed by atoms with van der Waals surface area (Å²) in [5.41, 5.74) is 6.97. The molecule has 0 unspecified atom stereocenters. The number of allylic oxidation sites excluding steroid dienone is 2.